The summed E-state index contributed by atoms with van der Waals surface area (Å²) in [5, 5.41) is 13.1. The third kappa shape index (κ3) is 3.72. The van der Waals surface area contributed by atoms with E-state index in [1.807, 2.05) is 30.5 Å². The average Bonchev–Trinajstić information content (AvgIpc) is 2.46. The molecule has 2 rings (SSSR count). The molecule has 100 valence electrons. The summed E-state index contributed by atoms with van der Waals surface area (Å²) < 4.78 is 13.5. The maximum atomic E-state index is 13.5. The molecule has 0 fully saturated rings. The number of hydrogen-bond acceptors (Lipinski definition) is 3. The van der Waals surface area contributed by atoms with E-state index in [1.54, 1.807) is 30.0 Å². The molecule has 0 bridgehead atoms. The molecular weight excluding hydrogens is 261 g/mol. The Bertz CT molecular complexity index is 530. The molecular formula is C15H16FNOS. The standard InChI is InChI=1S/C15H16FNOS/c1-19-12-8-6-11(7-9-12)17-10-15(18)13-4-2-3-5-14(13)16/h2-9,15,17-18H,10H2,1H3. The van der Waals surface area contributed by atoms with Crippen molar-refractivity contribution in [2.24, 2.45) is 0 Å². The van der Waals surface area contributed by atoms with Gasteiger partial charge < -0.3 is 10.4 Å². The zero-order chi connectivity index (χ0) is 13.7. The molecule has 19 heavy (non-hydrogen) atoms. The Kier molecular flexibility index (Phi) is 4.82. The Morgan fingerprint density at radius 2 is 1.84 bits per heavy atom. The van der Waals surface area contributed by atoms with E-state index < -0.39 is 6.10 Å². The van der Waals surface area contributed by atoms with Crippen LogP contribution in [0.2, 0.25) is 0 Å². The Morgan fingerprint density at radius 3 is 2.47 bits per heavy atom. The highest BCUT2D eigenvalue weighted by molar-refractivity contribution is 7.98. The molecule has 0 amide bonds. The van der Waals surface area contributed by atoms with E-state index in [-0.39, 0.29) is 12.4 Å². The van der Waals surface area contributed by atoms with Crippen LogP contribution in [-0.4, -0.2) is 17.9 Å². The van der Waals surface area contributed by atoms with Crippen molar-refractivity contribution < 1.29 is 9.50 Å². The van der Waals surface area contributed by atoms with Gasteiger partial charge in [-0.15, -0.1) is 11.8 Å². The molecule has 0 radical (unpaired) electrons. The molecule has 2 aromatic carbocycles. The maximum Gasteiger partial charge on any atom is 0.129 e. The van der Waals surface area contributed by atoms with Gasteiger partial charge in [-0.1, -0.05) is 18.2 Å². The number of nitrogens with one attached hydrogen (secondary N) is 1. The van der Waals surface area contributed by atoms with Crippen molar-refractivity contribution in [3.63, 3.8) is 0 Å². The first-order valence-electron chi connectivity index (χ1n) is 6.01. The average molecular weight is 277 g/mol. The molecule has 0 aliphatic carbocycles. The lowest BCUT2D eigenvalue weighted by Gasteiger charge is -2.14. The SMILES string of the molecule is CSc1ccc(NCC(O)c2ccccc2F)cc1. The number of aliphatic hydroxyl groups is 1. The molecule has 0 heterocycles. The summed E-state index contributed by atoms with van der Waals surface area (Å²) in [4.78, 5) is 1.18. The Balaban J connectivity index is 1.96. The van der Waals surface area contributed by atoms with Crippen molar-refractivity contribution in [2.75, 3.05) is 18.1 Å². The largest absolute Gasteiger partial charge is 0.386 e. The number of rotatable bonds is 5. The lowest BCUT2D eigenvalue weighted by molar-refractivity contribution is 0.186. The Morgan fingerprint density at radius 1 is 1.16 bits per heavy atom. The highest BCUT2D eigenvalue weighted by atomic mass is 32.2. The van der Waals surface area contributed by atoms with Crippen LogP contribution in [-0.2, 0) is 0 Å². The quantitative estimate of drug-likeness (QED) is 0.817. The Labute approximate surface area is 116 Å². The van der Waals surface area contributed by atoms with Gasteiger partial charge in [0.2, 0.25) is 0 Å². The maximum absolute atomic E-state index is 13.5. The van der Waals surface area contributed by atoms with Gasteiger partial charge in [0.05, 0.1) is 6.10 Å². The molecule has 0 aliphatic heterocycles. The first-order valence-corrected chi connectivity index (χ1v) is 7.23. The summed E-state index contributed by atoms with van der Waals surface area (Å²) in [5.41, 5.74) is 1.23. The summed E-state index contributed by atoms with van der Waals surface area (Å²) in [6.07, 6.45) is 1.16. The summed E-state index contributed by atoms with van der Waals surface area (Å²) >= 11 is 1.67. The van der Waals surface area contributed by atoms with Crippen molar-refractivity contribution >= 4 is 17.4 Å². The van der Waals surface area contributed by atoms with Gasteiger partial charge in [0, 0.05) is 22.7 Å². The number of benzene rings is 2. The third-order valence-corrected chi connectivity index (χ3v) is 3.60. The molecule has 2 aromatic rings. The van der Waals surface area contributed by atoms with E-state index >= 15 is 0 Å². The highest BCUT2D eigenvalue weighted by Crippen LogP contribution is 2.20. The van der Waals surface area contributed by atoms with Crippen LogP contribution < -0.4 is 5.32 Å². The number of aliphatic hydroxyl groups excluding tert-OH is 1. The number of anilines is 1. The van der Waals surface area contributed by atoms with Crippen molar-refractivity contribution in [3.8, 4) is 0 Å². The summed E-state index contributed by atoms with van der Waals surface area (Å²) in [6.45, 7) is 0.277. The normalized spacial score (nSPS) is 12.2. The van der Waals surface area contributed by atoms with Crippen molar-refractivity contribution in [1.82, 2.24) is 0 Å². The smallest absolute Gasteiger partial charge is 0.129 e. The van der Waals surface area contributed by atoms with Gasteiger partial charge in [0.15, 0.2) is 0 Å². The molecule has 0 aliphatic rings. The monoisotopic (exact) mass is 277 g/mol. The summed E-state index contributed by atoms with van der Waals surface area (Å²) in [5.74, 6) is -0.380. The second-order valence-electron chi connectivity index (χ2n) is 4.15. The van der Waals surface area contributed by atoms with E-state index in [0.717, 1.165) is 5.69 Å². The second kappa shape index (κ2) is 6.59. The minimum absolute atomic E-state index is 0.277. The van der Waals surface area contributed by atoms with Gasteiger partial charge >= 0.3 is 0 Å². The molecule has 2 nitrogen and oxygen atoms in total. The van der Waals surface area contributed by atoms with Crippen LogP contribution in [0.25, 0.3) is 0 Å². The van der Waals surface area contributed by atoms with Crippen molar-refractivity contribution in [3.05, 3.63) is 59.9 Å². The van der Waals surface area contributed by atoms with Crippen LogP contribution >= 0.6 is 11.8 Å². The van der Waals surface area contributed by atoms with E-state index in [1.165, 1.54) is 11.0 Å². The van der Waals surface area contributed by atoms with Crippen LogP contribution in [0.4, 0.5) is 10.1 Å². The van der Waals surface area contributed by atoms with Crippen LogP contribution in [0.5, 0.6) is 0 Å². The molecule has 2 N–H and O–H groups in total. The van der Waals surface area contributed by atoms with E-state index in [0.29, 0.717) is 5.56 Å². The molecule has 0 spiro atoms. The molecule has 0 aromatic heterocycles. The summed E-state index contributed by atoms with van der Waals surface area (Å²) in [6, 6.07) is 14.2. The minimum atomic E-state index is -0.860. The fourth-order valence-electron chi connectivity index (χ4n) is 1.78. The number of halogens is 1. The van der Waals surface area contributed by atoms with Crippen LogP contribution in [0, 0.1) is 5.82 Å². The topological polar surface area (TPSA) is 32.3 Å². The second-order valence-corrected chi connectivity index (χ2v) is 5.03. The first kappa shape index (κ1) is 13.9. The van der Waals surface area contributed by atoms with Gasteiger partial charge in [-0.05, 0) is 36.6 Å². The molecule has 4 heteroatoms. The van der Waals surface area contributed by atoms with Gasteiger partial charge in [-0.25, -0.2) is 4.39 Å². The first-order chi connectivity index (χ1) is 9.20. The summed E-state index contributed by atoms with van der Waals surface area (Å²) in [7, 11) is 0. The van der Waals surface area contributed by atoms with Crippen molar-refractivity contribution in [2.45, 2.75) is 11.0 Å². The zero-order valence-electron chi connectivity index (χ0n) is 10.6. The lowest BCUT2D eigenvalue weighted by Crippen LogP contribution is -2.13. The van der Waals surface area contributed by atoms with Gasteiger partial charge in [0.1, 0.15) is 5.82 Å². The number of thioether (sulfide) groups is 1. The molecule has 0 saturated heterocycles. The van der Waals surface area contributed by atoms with E-state index in [2.05, 4.69) is 5.32 Å². The van der Waals surface area contributed by atoms with Gasteiger partial charge in [0.25, 0.3) is 0 Å². The molecule has 1 atom stereocenters. The Hall–Kier alpha value is -1.52. The van der Waals surface area contributed by atoms with E-state index in [9.17, 15) is 9.50 Å². The van der Waals surface area contributed by atoms with Gasteiger partial charge in [-0.2, -0.15) is 0 Å². The number of hydrogen-bond donors (Lipinski definition) is 2. The van der Waals surface area contributed by atoms with Gasteiger partial charge in [-0.3, -0.25) is 0 Å². The zero-order valence-corrected chi connectivity index (χ0v) is 11.5. The van der Waals surface area contributed by atoms with Crippen molar-refractivity contribution in [1.29, 1.82) is 0 Å². The van der Waals surface area contributed by atoms with Crippen LogP contribution in [0.1, 0.15) is 11.7 Å². The van der Waals surface area contributed by atoms with E-state index in [4.69, 9.17) is 0 Å². The predicted octanol–water partition coefficient (Wildman–Crippen LogP) is 3.69. The lowest BCUT2D eigenvalue weighted by atomic mass is 10.1. The molecule has 0 saturated carbocycles. The van der Waals surface area contributed by atoms with Crippen LogP contribution in [0.3, 0.4) is 0 Å². The fourth-order valence-corrected chi connectivity index (χ4v) is 2.19. The third-order valence-electron chi connectivity index (χ3n) is 2.85. The fraction of sp³-hybridized carbons (Fsp3) is 0.200. The molecule has 1 unspecified atom stereocenters. The van der Waals surface area contributed by atoms with Crippen LogP contribution in [0.15, 0.2) is 53.4 Å². The highest BCUT2D eigenvalue weighted by Gasteiger charge is 2.11. The minimum Gasteiger partial charge on any atom is -0.386 e. The predicted molar refractivity (Wildman–Crippen MR) is 78.1 cm³/mol.